The molecule has 2 nitrogen and oxygen atoms in total. The van der Waals surface area contributed by atoms with Crippen LogP contribution in [-0.4, -0.2) is 18.8 Å². The minimum atomic E-state index is 0.0363. The molecule has 23 heavy (non-hydrogen) atoms. The van der Waals surface area contributed by atoms with E-state index in [9.17, 15) is 0 Å². The lowest BCUT2D eigenvalue weighted by molar-refractivity contribution is -0.110. The van der Waals surface area contributed by atoms with E-state index in [4.69, 9.17) is 4.74 Å². The Balaban J connectivity index is 1.91. The van der Waals surface area contributed by atoms with Crippen LogP contribution in [0.1, 0.15) is 77.6 Å². The number of rotatable bonds is 8. The standard InChI is InChI=1S/C20H35NOS/c1-16(2)8-9-20(11-13-22-19(4,5)15-20)10-12-21-17(3)18-7-6-14-23-18/h6-7,14,16-17,21H,8-13,15H2,1-5H3/t17-,20-/m0/s1. The Labute approximate surface area is 147 Å². The van der Waals surface area contributed by atoms with Crippen LogP contribution < -0.4 is 5.32 Å². The fraction of sp³-hybridized carbons (Fsp3) is 0.800. The smallest absolute Gasteiger partial charge is 0.0631 e. The minimum absolute atomic E-state index is 0.0363. The molecule has 1 N–H and O–H groups in total. The monoisotopic (exact) mass is 337 g/mol. The van der Waals surface area contributed by atoms with Crippen molar-refractivity contribution in [3.63, 3.8) is 0 Å². The van der Waals surface area contributed by atoms with Crippen molar-refractivity contribution in [2.75, 3.05) is 13.2 Å². The van der Waals surface area contributed by atoms with Crippen molar-refractivity contribution < 1.29 is 4.74 Å². The summed E-state index contributed by atoms with van der Waals surface area (Å²) in [6, 6.07) is 4.84. The summed E-state index contributed by atoms with van der Waals surface area (Å²) in [6.45, 7) is 13.5. The van der Waals surface area contributed by atoms with E-state index in [2.05, 4.69) is 57.4 Å². The molecule has 0 radical (unpaired) electrons. The van der Waals surface area contributed by atoms with Crippen molar-refractivity contribution in [3.8, 4) is 0 Å². The molecule has 132 valence electrons. The summed E-state index contributed by atoms with van der Waals surface area (Å²) < 4.78 is 5.99. The fourth-order valence-corrected chi connectivity index (χ4v) is 4.68. The zero-order valence-electron chi connectivity index (χ0n) is 15.7. The summed E-state index contributed by atoms with van der Waals surface area (Å²) in [7, 11) is 0. The number of hydrogen-bond acceptors (Lipinski definition) is 3. The highest BCUT2D eigenvalue weighted by atomic mass is 32.1. The molecule has 0 aliphatic carbocycles. The van der Waals surface area contributed by atoms with Gasteiger partial charge in [-0.25, -0.2) is 0 Å². The molecule has 3 heteroatoms. The summed E-state index contributed by atoms with van der Waals surface area (Å²) in [5.41, 5.74) is 0.489. The average molecular weight is 338 g/mol. The maximum atomic E-state index is 5.99. The quantitative estimate of drug-likeness (QED) is 0.647. The zero-order chi connectivity index (χ0) is 16.9. The second-order valence-electron chi connectivity index (χ2n) is 8.41. The number of hydrogen-bond donors (Lipinski definition) is 1. The molecular weight excluding hydrogens is 302 g/mol. The molecule has 2 rings (SSSR count). The summed E-state index contributed by atoms with van der Waals surface area (Å²) in [5.74, 6) is 0.788. The van der Waals surface area contributed by atoms with Gasteiger partial charge in [-0.15, -0.1) is 11.3 Å². The molecule has 2 atom stereocenters. The van der Waals surface area contributed by atoms with Crippen molar-refractivity contribution in [1.29, 1.82) is 0 Å². The molecule has 0 bridgehead atoms. The Hall–Kier alpha value is -0.380. The SMILES string of the molecule is CC(C)CC[C@]1(CCN[C@@H](C)c2cccs2)CCOC(C)(C)C1. The molecule has 0 spiro atoms. The van der Waals surface area contributed by atoms with E-state index >= 15 is 0 Å². The molecular formula is C20H35NOS. The molecule has 0 unspecified atom stereocenters. The van der Waals surface area contributed by atoms with E-state index < -0.39 is 0 Å². The van der Waals surface area contributed by atoms with Gasteiger partial charge in [0.15, 0.2) is 0 Å². The Bertz CT molecular complexity index is 454. The lowest BCUT2D eigenvalue weighted by atomic mass is 9.68. The first-order valence-electron chi connectivity index (χ1n) is 9.23. The number of thiophene rings is 1. The third-order valence-corrected chi connectivity index (χ3v) is 6.31. The predicted molar refractivity (Wildman–Crippen MR) is 101 cm³/mol. The Morgan fingerprint density at radius 2 is 2.04 bits per heavy atom. The van der Waals surface area contributed by atoms with Gasteiger partial charge >= 0.3 is 0 Å². The van der Waals surface area contributed by atoms with Gasteiger partial charge in [0.2, 0.25) is 0 Å². The first-order valence-corrected chi connectivity index (χ1v) is 10.1. The van der Waals surface area contributed by atoms with Gasteiger partial charge in [0.1, 0.15) is 0 Å². The third-order valence-electron chi connectivity index (χ3n) is 5.25. The highest BCUT2D eigenvalue weighted by Crippen LogP contribution is 2.45. The summed E-state index contributed by atoms with van der Waals surface area (Å²) in [5, 5.41) is 5.91. The molecule has 1 fully saturated rings. The maximum Gasteiger partial charge on any atom is 0.0631 e. The van der Waals surface area contributed by atoms with Crippen LogP contribution in [0.4, 0.5) is 0 Å². The van der Waals surface area contributed by atoms with Gasteiger partial charge < -0.3 is 10.1 Å². The Morgan fingerprint density at radius 1 is 1.26 bits per heavy atom. The van der Waals surface area contributed by atoms with Gasteiger partial charge in [-0.2, -0.15) is 0 Å². The van der Waals surface area contributed by atoms with Crippen LogP contribution in [0.3, 0.4) is 0 Å². The van der Waals surface area contributed by atoms with Crippen LogP contribution in [-0.2, 0) is 4.74 Å². The maximum absolute atomic E-state index is 5.99. The highest BCUT2D eigenvalue weighted by Gasteiger charge is 2.40. The van der Waals surface area contributed by atoms with E-state index in [-0.39, 0.29) is 5.60 Å². The van der Waals surface area contributed by atoms with Crippen molar-refractivity contribution in [1.82, 2.24) is 5.32 Å². The van der Waals surface area contributed by atoms with Gasteiger partial charge in [-0.1, -0.05) is 26.3 Å². The van der Waals surface area contributed by atoms with Crippen molar-refractivity contribution >= 4 is 11.3 Å². The Morgan fingerprint density at radius 3 is 2.65 bits per heavy atom. The molecule has 0 saturated carbocycles. The molecule has 0 amide bonds. The van der Waals surface area contributed by atoms with Gasteiger partial charge in [0, 0.05) is 17.5 Å². The minimum Gasteiger partial charge on any atom is -0.376 e. The topological polar surface area (TPSA) is 21.3 Å². The number of nitrogens with one attached hydrogen (secondary N) is 1. The average Bonchev–Trinajstić information content (AvgIpc) is 2.98. The van der Waals surface area contributed by atoms with Crippen LogP contribution in [0.5, 0.6) is 0 Å². The summed E-state index contributed by atoms with van der Waals surface area (Å²) >= 11 is 1.85. The normalized spacial score (nSPS) is 25.7. The number of ether oxygens (including phenoxy) is 1. The van der Waals surface area contributed by atoms with Crippen LogP contribution in [0, 0.1) is 11.3 Å². The predicted octanol–water partition coefficient (Wildman–Crippen LogP) is 5.80. The van der Waals surface area contributed by atoms with Crippen molar-refractivity contribution in [2.45, 2.75) is 78.4 Å². The molecule has 1 aromatic rings. The van der Waals surface area contributed by atoms with E-state index in [1.165, 1.54) is 37.0 Å². The van der Waals surface area contributed by atoms with Crippen LogP contribution in [0.25, 0.3) is 0 Å². The fourth-order valence-electron chi connectivity index (χ4n) is 3.93. The van der Waals surface area contributed by atoms with Crippen LogP contribution in [0.15, 0.2) is 17.5 Å². The van der Waals surface area contributed by atoms with E-state index in [0.717, 1.165) is 19.1 Å². The molecule has 0 aromatic carbocycles. The third kappa shape index (κ3) is 5.88. The van der Waals surface area contributed by atoms with Crippen molar-refractivity contribution in [2.24, 2.45) is 11.3 Å². The van der Waals surface area contributed by atoms with Gasteiger partial charge in [0.05, 0.1) is 5.60 Å². The van der Waals surface area contributed by atoms with E-state index in [0.29, 0.717) is 11.5 Å². The lowest BCUT2D eigenvalue weighted by Crippen LogP contribution is -2.43. The van der Waals surface area contributed by atoms with Crippen molar-refractivity contribution in [3.05, 3.63) is 22.4 Å². The van der Waals surface area contributed by atoms with E-state index in [1.54, 1.807) is 0 Å². The molecule has 1 aliphatic heterocycles. The largest absolute Gasteiger partial charge is 0.376 e. The molecule has 2 heterocycles. The Kier molecular flexibility index (Phi) is 6.70. The van der Waals surface area contributed by atoms with Gasteiger partial charge in [0.25, 0.3) is 0 Å². The molecule has 1 aromatic heterocycles. The second-order valence-corrected chi connectivity index (χ2v) is 9.39. The summed E-state index contributed by atoms with van der Waals surface area (Å²) in [4.78, 5) is 1.44. The summed E-state index contributed by atoms with van der Waals surface area (Å²) in [6.07, 6.45) is 6.35. The van der Waals surface area contributed by atoms with Crippen LogP contribution in [0.2, 0.25) is 0 Å². The van der Waals surface area contributed by atoms with Gasteiger partial charge in [-0.05, 0) is 75.8 Å². The van der Waals surface area contributed by atoms with E-state index in [1.807, 2.05) is 11.3 Å². The second kappa shape index (κ2) is 8.13. The molecule has 1 aliphatic rings. The molecule has 1 saturated heterocycles. The highest BCUT2D eigenvalue weighted by molar-refractivity contribution is 7.10. The zero-order valence-corrected chi connectivity index (χ0v) is 16.5. The first kappa shape index (κ1) is 19.0. The van der Waals surface area contributed by atoms with Crippen LogP contribution >= 0.6 is 11.3 Å². The lowest BCUT2D eigenvalue weighted by Gasteiger charge is -2.46. The van der Waals surface area contributed by atoms with Gasteiger partial charge in [-0.3, -0.25) is 0 Å². The first-order chi connectivity index (χ1) is 10.8.